The van der Waals surface area contributed by atoms with Gasteiger partial charge in [0.15, 0.2) is 11.6 Å². The molecule has 0 radical (unpaired) electrons. The highest BCUT2D eigenvalue weighted by Gasteiger charge is 2.42. The van der Waals surface area contributed by atoms with Crippen LogP contribution in [0, 0.1) is 11.8 Å². The Morgan fingerprint density at radius 1 is 1.17 bits per heavy atom. The summed E-state index contributed by atoms with van der Waals surface area (Å²) in [4.78, 5) is 25.6. The molecule has 2 atom stereocenters. The van der Waals surface area contributed by atoms with E-state index in [2.05, 4.69) is 30.5 Å². The Labute approximate surface area is 207 Å². The molecule has 0 aliphatic carbocycles. The number of pyridine rings is 1. The molecule has 182 valence electrons. The molecule has 1 fully saturated rings. The van der Waals surface area contributed by atoms with E-state index < -0.39 is 17.8 Å². The lowest BCUT2D eigenvalue weighted by Crippen LogP contribution is -2.39. The van der Waals surface area contributed by atoms with Gasteiger partial charge >= 0.3 is 0 Å². The number of fused-ring (bicyclic) bond motifs is 1. The maximum atomic E-state index is 14.8. The highest BCUT2D eigenvalue weighted by Crippen LogP contribution is 2.43. The van der Waals surface area contributed by atoms with Gasteiger partial charge in [-0.15, -0.1) is 5.10 Å². The fourth-order valence-electron chi connectivity index (χ4n) is 5.00. The number of benzene rings is 1. The summed E-state index contributed by atoms with van der Waals surface area (Å²) in [6.45, 7) is 0. The highest BCUT2D eigenvalue weighted by molar-refractivity contribution is 6.30. The van der Waals surface area contributed by atoms with Crippen LogP contribution in [0.1, 0.15) is 36.7 Å². The number of carbonyl (C=O) groups excluding carboxylic acids is 1. The summed E-state index contributed by atoms with van der Waals surface area (Å²) in [7, 11) is 0. The molecule has 2 aliphatic rings. The van der Waals surface area contributed by atoms with Gasteiger partial charge in [-0.2, -0.15) is 9.07 Å². The fraction of sp³-hybridized carbons (Fsp3) is 0.217. The van der Waals surface area contributed by atoms with E-state index >= 15 is 0 Å². The lowest BCUT2D eigenvalue weighted by Gasteiger charge is -2.33. The fourth-order valence-corrected chi connectivity index (χ4v) is 5.18. The van der Waals surface area contributed by atoms with Crippen molar-refractivity contribution in [2.45, 2.75) is 31.3 Å². The topological polar surface area (TPSA) is 132 Å². The molecular weight excluding hydrogens is 492 g/mol. The normalized spacial score (nSPS) is 19.5. The number of rotatable bonds is 4. The zero-order valence-electron chi connectivity index (χ0n) is 18.6. The summed E-state index contributed by atoms with van der Waals surface area (Å²) < 4.78 is 30.7. The molecular formula is C23H18ClF2N9O. The maximum absolute atomic E-state index is 14.8. The quantitative estimate of drug-likeness (QED) is 0.430. The van der Waals surface area contributed by atoms with Crippen LogP contribution in [0.3, 0.4) is 0 Å². The van der Waals surface area contributed by atoms with E-state index in [1.165, 1.54) is 23.3 Å². The number of halogens is 3. The standard InChI is InChI=1S/C23H18ClF2N9O/c24-12-1-3-16(34-10-29-32-33-34)15(9-12)11-7-13-2-4-17(35(13)18(36)8-11)23-30-20(21(26)31-23)14-5-6-28-22(27)19(14)25/h1,3,5-6,8-10,13,17H,2,4,7H2,(H2,27,28)(H,30,31)/t13-,17?/m1/s1. The number of nitrogen functional groups attached to an aromatic ring is 1. The molecule has 10 nitrogen and oxygen atoms in total. The van der Waals surface area contributed by atoms with E-state index in [1.54, 1.807) is 29.2 Å². The minimum atomic E-state index is -0.872. The number of tetrazole rings is 1. The molecule has 1 unspecified atom stereocenters. The number of imidazole rings is 1. The predicted octanol–water partition coefficient (Wildman–Crippen LogP) is 3.48. The number of nitrogens with one attached hydrogen (secondary N) is 1. The lowest BCUT2D eigenvalue weighted by molar-refractivity contribution is -0.129. The van der Waals surface area contributed by atoms with Gasteiger partial charge in [-0.3, -0.25) is 4.79 Å². The number of nitrogens with zero attached hydrogens (tertiary/aromatic N) is 7. The monoisotopic (exact) mass is 509 g/mol. The van der Waals surface area contributed by atoms with Gasteiger partial charge in [0, 0.05) is 34.5 Å². The van der Waals surface area contributed by atoms with Crippen LogP contribution in [0.4, 0.5) is 14.6 Å². The van der Waals surface area contributed by atoms with Crippen LogP contribution in [-0.2, 0) is 4.79 Å². The van der Waals surface area contributed by atoms with Gasteiger partial charge in [-0.25, -0.2) is 14.4 Å². The number of nitrogens with two attached hydrogens (primary N) is 1. The minimum Gasteiger partial charge on any atom is -0.381 e. The molecule has 6 rings (SSSR count). The Kier molecular flexibility index (Phi) is 5.25. The summed E-state index contributed by atoms with van der Waals surface area (Å²) in [5.74, 6) is -2.03. The third kappa shape index (κ3) is 3.61. The Bertz CT molecular complexity index is 1520. The summed E-state index contributed by atoms with van der Waals surface area (Å²) in [5.41, 5.74) is 7.58. The van der Waals surface area contributed by atoms with Crippen molar-refractivity contribution in [2.24, 2.45) is 0 Å². The number of anilines is 1. The Morgan fingerprint density at radius 3 is 2.83 bits per heavy atom. The summed E-state index contributed by atoms with van der Waals surface area (Å²) >= 11 is 6.27. The second-order valence-electron chi connectivity index (χ2n) is 8.63. The third-order valence-electron chi connectivity index (χ3n) is 6.59. The first-order valence-electron chi connectivity index (χ1n) is 11.1. The second kappa shape index (κ2) is 8.48. The SMILES string of the molecule is Nc1nccc(-c2[nH]c(C3CC[C@@H]4CC(c5cc(Cl)ccc5-n5cnnn5)=CC(=O)N34)nc2F)c1F. The van der Waals surface area contributed by atoms with Crippen LogP contribution >= 0.6 is 11.6 Å². The maximum Gasteiger partial charge on any atom is 0.247 e. The van der Waals surface area contributed by atoms with Gasteiger partial charge in [-0.1, -0.05) is 11.6 Å². The molecule has 1 aromatic carbocycles. The van der Waals surface area contributed by atoms with Gasteiger partial charge in [0.25, 0.3) is 0 Å². The van der Waals surface area contributed by atoms with Crippen molar-refractivity contribution in [3.8, 4) is 16.9 Å². The highest BCUT2D eigenvalue weighted by atomic mass is 35.5. The van der Waals surface area contributed by atoms with Crippen LogP contribution in [0.5, 0.6) is 0 Å². The first-order chi connectivity index (χ1) is 17.4. The van der Waals surface area contributed by atoms with E-state index in [0.29, 0.717) is 30.0 Å². The smallest absolute Gasteiger partial charge is 0.247 e. The molecule has 13 heteroatoms. The summed E-state index contributed by atoms with van der Waals surface area (Å²) in [6, 6.07) is 6.01. The van der Waals surface area contributed by atoms with Crippen molar-refractivity contribution in [1.29, 1.82) is 0 Å². The number of amides is 1. The average molecular weight is 510 g/mol. The molecule has 36 heavy (non-hydrogen) atoms. The molecule has 3 aromatic heterocycles. The van der Waals surface area contributed by atoms with Crippen molar-refractivity contribution in [3.63, 3.8) is 0 Å². The zero-order valence-corrected chi connectivity index (χ0v) is 19.3. The third-order valence-corrected chi connectivity index (χ3v) is 6.82. The van der Waals surface area contributed by atoms with E-state index in [0.717, 1.165) is 11.1 Å². The molecule has 0 spiro atoms. The molecule has 3 N–H and O–H groups in total. The zero-order chi connectivity index (χ0) is 25.0. The van der Waals surface area contributed by atoms with Gasteiger partial charge < -0.3 is 15.6 Å². The average Bonchev–Trinajstić information content (AvgIpc) is 3.61. The van der Waals surface area contributed by atoms with Crippen molar-refractivity contribution < 1.29 is 13.6 Å². The Morgan fingerprint density at radius 2 is 2.03 bits per heavy atom. The number of H-pyrrole nitrogens is 1. The minimum absolute atomic E-state index is 0.0727. The van der Waals surface area contributed by atoms with Crippen molar-refractivity contribution in [1.82, 2.24) is 40.1 Å². The van der Waals surface area contributed by atoms with Crippen molar-refractivity contribution in [2.75, 3.05) is 5.73 Å². The van der Waals surface area contributed by atoms with Crippen LogP contribution in [-0.4, -0.2) is 52.0 Å². The molecule has 1 amide bonds. The van der Waals surface area contributed by atoms with Crippen LogP contribution < -0.4 is 5.73 Å². The van der Waals surface area contributed by atoms with Crippen LogP contribution in [0.15, 0.2) is 42.9 Å². The van der Waals surface area contributed by atoms with E-state index in [1.807, 2.05) is 0 Å². The van der Waals surface area contributed by atoms with Crippen molar-refractivity contribution in [3.05, 3.63) is 71.0 Å². The number of aromatic amines is 1. The van der Waals surface area contributed by atoms with Crippen LogP contribution in [0.2, 0.25) is 5.02 Å². The summed E-state index contributed by atoms with van der Waals surface area (Å²) in [6.07, 6.45) is 6.13. The largest absolute Gasteiger partial charge is 0.381 e. The number of carbonyl (C=O) groups is 1. The van der Waals surface area contributed by atoms with E-state index in [9.17, 15) is 13.6 Å². The first kappa shape index (κ1) is 22.3. The lowest BCUT2D eigenvalue weighted by atomic mass is 9.92. The van der Waals surface area contributed by atoms with Gasteiger partial charge in [-0.05, 0) is 59.5 Å². The molecule has 1 saturated heterocycles. The van der Waals surface area contributed by atoms with E-state index in [4.69, 9.17) is 17.3 Å². The Hall–Kier alpha value is -4.19. The number of aromatic nitrogens is 7. The predicted molar refractivity (Wildman–Crippen MR) is 126 cm³/mol. The molecule has 0 saturated carbocycles. The Balaban J connectivity index is 1.33. The van der Waals surface area contributed by atoms with Crippen molar-refractivity contribution >= 4 is 28.9 Å². The van der Waals surface area contributed by atoms with E-state index in [-0.39, 0.29) is 34.8 Å². The molecule has 0 bridgehead atoms. The molecule has 5 heterocycles. The van der Waals surface area contributed by atoms with Crippen LogP contribution in [0.25, 0.3) is 22.5 Å². The number of hydrogen-bond donors (Lipinski definition) is 2. The first-order valence-corrected chi connectivity index (χ1v) is 11.5. The summed E-state index contributed by atoms with van der Waals surface area (Å²) in [5, 5.41) is 11.9. The number of hydrogen-bond acceptors (Lipinski definition) is 7. The van der Waals surface area contributed by atoms with Gasteiger partial charge in [0.2, 0.25) is 11.9 Å². The molecule has 4 aromatic rings. The second-order valence-corrected chi connectivity index (χ2v) is 9.06. The molecule has 2 aliphatic heterocycles. The van der Waals surface area contributed by atoms with Gasteiger partial charge in [0.1, 0.15) is 17.8 Å². The van der Waals surface area contributed by atoms with Gasteiger partial charge in [0.05, 0.1) is 11.7 Å².